The average Bonchev–Trinajstić information content (AvgIpc) is 2.90. The zero-order chi connectivity index (χ0) is 16.4. The molecule has 5 nitrogen and oxygen atoms in total. The second-order valence-electron chi connectivity index (χ2n) is 6.76. The van der Waals surface area contributed by atoms with Crippen molar-refractivity contribution >= 4 is 21.4 Å². The Bertz CT molecular complexity index is 848. The molecule has 2 heterocycles. The van der Waals surface area contributed by atoms with E-state index in [1.165, 1.54) is 33.7 Å². The van der Waals surface area contributed by atoms with Crippen LogP contribution in [0.1, 0.15) is 38.8 Å². The highest BCUT2D eigenvalue weighted by Gasteiger charge is 2.21. The summed E-state index contributed by atoms with van der Waals surface area (Å²) in [5, 5.41) is 8.54. The number of aromatic nitrogens is 3. The molecule has 0 spiro atoms. The summed E-state index contributed by atoms with van der Waals surface area (Å²) in [7, 11) is 0. The van der Waals surface area contributed by atoms with Crippen LogP contribution in [0.4, 0.5) is 5.13 Å². The summed E-state index contributed by atoms with van der Waals surface area (Å²) >= 11 is 1.39. The molecule has 1 atom stereocenters. The molecule has 0 aliphatic heterocycles. The number of rotatable bonds is 4. The topological polar surface area (TPSA) is 59.3 Å². The highest BCUT2D eigenvalue weighted by molar-refractivity contribution is 7.20. The van der Waals surface area contributed by atoms with Crippen molar-refractivity contribution in [1.29, 1.82) is 0 Å². The molecular weight excluding hydrogens is 308 g/mol. The zero-order valence-corrected chi connectivity index (χ0v) is 14.3. The number of benzene rings is 1. The predicted octanol–water partition coefficient (Wildman–Crippen LogP) is 3.74. The number of nitrogens with zero attached hydrogens (tertiary/aromatic N) is 3. The van der Waals surface area contributed by atoms with Crippen molar-refractivity contribution in [3.8, 4) is 0 Å². The Morgan fingerprint density at radius 3 is 2.61 bits per heavy atom. The Balaban J connectivity index is 1.93. The lowest BCUT2D eigenvalue weighted by atomic mass is 9.85. The molecule has 1 aromatic carbocycles. The third-order valence-electron chi connectivity index (χ3n) is 3.49. The maximum Gasteiger partial charge on any atom is 0.275 e. The molecule has 0 aliphatic carbocycles. The number of anilines is 1. The summed E-state index contributed by atoms with van der Waals surface area (Å²) < 4.78 is 1.34. The van der Waals surface area contributed by atoms with Gasteiger partial charge >= 0.3 is 0 Å². The molecule has 3 aromatic rings. The molecule has 1 N–H and O–H groups in total. The molecule has 2 aromatic heterocycles. The summed E-state index contributed by atoms with van der Waals surface area (Å²) in [6.45, 7) is 6.65. The number of hydrogen-bond donors (Lipinski definition) is 1. The number of nitrogens with one attached hydrogen (secondary N) is 1. The summed E-state index contributed by atoms with van der Waals surface area (Å²) in [6, 6.07) is 11.9. The van der Waals surface area contributed by atoms with Crippen molar-refractivity contribution in [3.63, 3.8) is 0 Å². The number of hydrogen-bond acceptors (Lipinski definition) is 5. The van der Waals surface area contributed by atoms with Crippen molar-refractivity contribution in [2.45, 2.75) is 33.2 Å². The van der Waals surface area contributed by atoms with E-state index in [0.29, 0.717) is 10.1 Å². The molecule has 120 valence electrons. The van der Waals surface area contributed by atoms with E-state index >= 15 is 0 Å². The maximum absolute atomic E-state index is 11.8. The summed E-state index contributed by atoms with van der Waals surface area (Å²) in [5.74, 6) is 0. The van der Waals surface area contributed by atoms with Crippen LogP contribution < -0.4 is 10.9 Å². The van der Waals surface area contributed by atoms with Crippen molar-refractivity contribution in [2.24, 2.45) is 5.41 Å². The molecule has 0 fully saturated rings. The minimum Gasteiger partial charge on any atom is -0.353 e. The second kappa shape index (κ2) is 6.12. The van der Waals surface area contributed by atoms with Gasteiger partial charge in [-0.05, 0) is 17.4 Å². The lowest BCUT2D eigenvalue weighted by molar-refractivity contribution is 0.352. The Labute approximate surface area is 139 Å². The summed E-state index contributed by atoms with van der Waals surface area (Å²) in [5.41, 5.74) is 1.22. The van der Waals surface area contributed by atoms with Gasteiger partial charge in [-0.25, -0.2) is 4.98 Å². The van der Waals surface area contributed by atoms with Gasteiger partial charge in [0.2, 0.25) is 10.1 Å². The van der Waals surface area contributed by atoms with Gasteiger partial charge in [-0.1, -0.05) is 62.4 Å². The van der Waals surface area contributed by atoms with Crippen LogP contribution in [0, 0.1) is 5.41 Å². The first-order valence-electron chi connectivity index (χ1n) is 7.59. The lowest BCUT2D eigenvalue weighted by Crippen LogP contribution is -2.19. The molecule has 0 saturated carbocycles. The third-order valence-corrected chi connectivity index (χ3v) is 4.34. The quantitative estimate of drug-likeness (QED) is 0.792. The van der Waals surface area contributed by atoms with E-state index in [4.69, 9.17) is 0 Å². The zero-order valence-electron chi connectivity index (χ0n) is 13.5. The van der Waals surface area contributed by atoms with Gasteiger partial charge in [0.15, 0.2) is 0 Å². The van der Waals surface area contributed by atoms with E-state index < -0.39 is 0 Å². The van der Waals surface area contributed by atoms with E-state index in [1.54, 1.807) is 0 Å². The van der Waals surface area contributed by atoms with E-state index in [9.17, 15) is 4.79 Å². The molecule has 0 radical (unpaired) electrons. The van der Waals surface area contributed by atoms with Crippen molar-refractivity contribution < 1.29 is 0 Å². The molecule has 0 aliphatic rings. The van der Waals surface area contributed by atoms with Crippen molar-refractivity contribution in [1.82, 2.24) is 14.6 Å². The van der Waals surface area contributed by atoms with Crippen LogP contribution in [0.2, 0.25) is 0 Å². The Hall–Kier alpha value is -2.21. The highest BCUT2D eigenvalue weighted by Crippen LogP contribution is 2.33. The van der Waals surface area contributed by atoms with Gasteiger partial charge in [0, 0.05) is 12.3 Å². The fraction of sp³-hybridized carbons (Fsp3) is 0.353. The smallest absolute Gasteiger partial charge is 0.275 e. The minimum absolute atomic E-state index is 0.132. The standard InChI is InChI=1S/C17H20N4OS/c1-17(2,3)11-13(12-7-5-4-6-8-12)19-15-20-21-14(22)9-10-18-16(21)23-15/h4-10,13H,11H2,1-3H3,(H,19,20)/t13-/m1/s1. The molecule has 0 bridgehead atoms. The fourth-order valence-corrected chi connectivity index (χ4v) is 3.33. The second-order valence-corrected chi connectivity index (χ2v) is 7.71. The first-order chi connectivity index (χ1) is 10.9. The molecule has 0 saturated heterocycles. The van der Waals surface area contributed by atoms with Gasteiger partial charge < -0.3 is 5.32 Å². The van der Waals surface area contributed by atoms with Crippen LogP contribution in [-0.2, 0) is 0 Å². The first kappa shape index (κ1) is 15.7. The number of fused-ring (bicyclic) bond motifs is 1. The van der Waals surface area contributed by atoms with E-state index in [0.717, 1.165) is 6.42 Å². The van der Waals surface area contributed by atoms with Gasteiger partial charge in [-0.3, -0.25) is 4.79 Å². The van der Waals surface area contributed by atoms with Crippen LogP contribution in [-0.4, -0.2) is 14.6 Å². The molecule has 23 heavy (non-hydrogen) atoms. The Morgan fingerprint density at radius 1 is 1.22 bits per heavy atom. The van der Waals surface area contributed by atoms with Crippen LogP contribution in [0.3, 0.4) is 0 Å². The molecule has 3 rings (SSSR count). The van der Waals surface area contributed by atoms with E-state index in [-0.39, 0.29) is 17.0 Å². The predicted molar refractivity (Wildman–Crippen MR) is 94.0 cm³/mol. The molecular formula is C17H20N4OS. The van der Waals surface area contributed by atoms with Gasteiger partial charge in [0.05, 0.1) is 6.04 Å². The van der Waals surface area contributed by atoms with Crippen molar-refractivity contribution in [2.75, 3.05) is 5.32 Å². The lowest BCUT2D eigenvalue weighted by Gasteiger charge is -2.27. The van der Waals surface area contributed by atoms with Crippen LogP contribution in [0.15, 0.2) is 47.4 Å². The van der Waals surface area contributed by atoms with E-state index in [2.05, 4.69) is 48.3 Å². The molecule has 0 unspecified atom stereocenters. The van der Waals surface area contributed by atoms with Crippen LogP contribution in [0.25, 0.3) is 4.96 Å². The van der Waals surface area contributed by atoms with Crippen LogP contribution >= 0.6 is 11.3 Å². The maximum atomic E-state index is 11.8. The Morgan fingerprint density at radius 2 is 1.96 bits per heavy atom. The largest absolute Gasteiger partial charge is 0.353 e. The normalized spacial score (nSPS) is 13.2. The van der Waals surface area contributed by atoms with Gasteiger partial charge in [-0.2, -0.15) is 4.52 Å². The summed E-state index contributed by atoms with van der Waals surface area (Å²) in [6.07, 6.45) is 2.47. The Kier molecular flexibility index (Phi) is 4.17. The van der Waals surface area contributed by atoms with Gasteiger partial charge in [0.25, 0.3) is 5.56 Å². The average molecular weight is 328 g/mol. The van der Waals surface area contributed by atoms with Gasteiger partial charge in [0.1, 0.15) is 0 Å². The SMILES string of the molecule is CC(C)(C)C[C@@H](Nc1nn2c(=O)ccnc2s1)c1ccccc1. The monoisotopic (exact) mass is 328 g/mol. The van der Waals surface area contributed by atoms with Gasteiger partial charge in [-0.15, -0.1) is 5.10 Å². The highest BCUT2D eigenvalue weighted by atomic mass is 32.1. The van der Waals surface area contributed by atoms with Crippen LogP contribution in [0.5, 0.6) is 0 Å². The third kappa shape index (κ3) is 3.76. The van der Waals surface area contributed by atoms with E-state index in [1.807, 2.05) is 18.2 Å². The minimum atomic E-state index is -0.161. The van der Waals surface area contributed by atoms with Crippen molar-refractivity contribution in [3.05, 3.63) is 58.5 Å². The summed E-state index contributed by atoms with van der Waals surface area (Å²) in [4.78, 5) is 16.6. The molecule has 6 heteroatoms. The molecule has 0 amide bonds. The first-order valence-corrected chi connectivity index (χ1v) is 8.40. The fourth-order valence-electron chi connectivity index (χ4n) is 2.50.